The molecule has 3 aromatic heterocycles. The van der Waals surface area contributed by atoms with Crippen molar-refractivity contribution >= 4 is 16.6 Å². The average Bonchev–Trinajstić information content (AvgIpc) is 3.07. The normalized spacial score (nSPS) is 11.5. The van der Waals surface area contributed by atoms with Crippen LogP contribution in [0, 0.1) is 0 Å². The highest BCUT2D eigenvalue weighted by atomic mass is 16.1. The maximum atomic E-state index is 12.1. The van der Waals surface area contributed by atoms with Gasteiger partial charge in [-0.15, -0.1) is 5.10 Å². The fraction of sp³-hybridized carbons (Fsp3) is 0.133. The first-order valence-electron chi connectivity index (χ1n) is 6.69. The van der Waals surface area contributed by atoms with E-state index in [4.69, 9.17) is 0 Å². The van der Waals surface area contributed by atoms with E-state index in [0.29, 0.717) is 17.9 Å². The highest BCUT2D eigenvalue weighted by Crippen LogP contribution is 2.15. The average molecular weight is 279 g/mol. The molecule has 0 unspecified atom stereocenters. The van der Waals surface area contributed by atoms with Gasteiger partial charge in [0, 0.05) is 30.7 Å². The van der Waals surface area contributed by atoms with Gasteiger partial charge in [0.25, 0.3) is 0 Å². The van der Waals surface area contributed by atoms with E-state index in [0.717, 1.165) is 16.6 Å². The van der Waals surface area contributed by atoms with E-state index in [1.807, 2.05) is 54.2 Å². The molecule has 3 heterocycles. The summed E-state index contributed by atoms with van der Waals surface area (Å²) in [6, 6.07) is 11.6. The zero-order chi connectivity index (χ0) is 14.4. The van der Waals surface area contributed by atoms with Crippen LogP contribution in [0.4, 0.5) is 0 Å². The molecular weight excluding hydrogens is 266 g/mol. The zero-order valence-electron chi connectivity index (χ0n) is 11.4. The van der Waals surface area contributed by atoms with E-state index < -0.39 is 0 Å². The first-order valence-corrected chi connectivity index (χ1v) is 6.69. The highest BCUT2D eigenvalue weighted by Gasteiger charge is 2.11. The number of nitrogens with zero attached hydrogens (tertiary/aromatic N) is 4. The molecule has 0 amide bonds. The van der Waals surface area contributed by atoms with Gasteiger partial charge < -0.3 is 9.55 Å². The lowest BCUT2D eigenvalue weighted by Gasteiger charge is -1.98. The number of rotatable bonds is 2. The van der Waals surface area contributed by atoms with Crippen LogP contribution in [0.3, 0.4) is 0 Å². The Morgan fingerprint density at radius 2 is 2.05 bits per heavy atom. The van der Waals surface area contributed by atoms with E-state index in [1.165, 1.54) is 4.52 Å². The van der Waals surface area contributed by atoms with Gasteiger partial charge in [-0.25, -0.2) is 9.78 Å². The van der Waals surface area contributed by atoms with Crippen molar-refractivity contribution in [3.05, 3.63) is 64.6 Å². The summed E-state index contributed by atoms with van der Waals surface area (Å²) in [7, 11) is 1.98. The number of aryl methyl sites for hydroxylation is 1. The first kappa shape index (κ1) is 11.9. The van der Waals surface area contributed by atoms with Crippen molar-refractivity contribution < 1.29 is 0 Å². The van der Waals surface area contributed by atoms with E-state index in [9.17, 15) is 4.79 Å². The summed E-state index contributed by atoms with van der Waals surface area (Å²) >= 11 is 0. The third-order valence-corrected chi connectivity index (χ3v) is 3.64. The van der Waals surface area contributed by atoms with Crippen molar-refractivity contribution in [2.45, 2.75) is 6.42 Å². The minimum absolute atomic E-state index is 0.269. The Morgan fingerprint density at radius 3 is 2.86 bits per heavy atom. The van der Waals surface area contributed by atoms with Gasteiger partial charge in [-0.05, 0) is 24.3 Å². The van der Waals surface area contributed by atoms with Crippen molar-refractivity contribution in [3.8, 4) is 0 Å². The van der Waals surface area contributed by atoms with E-state index in [-0.39, 0.29) is 5.69 Å². The maximum absolute atomic E-state index is 12.1. The second-order valence-electron chi connectivity index (χ2n) is 5.03. The molecule has 4 rings (SSSR count). The quantitative estimate of drug-likeness (QED) is 0.604. The van der Waals surface area contributed by atoms with Crippen LogP contribution in [-0.2, 0) is 13.5 Å². The Labute approximate surface area is 119 Å². The first-order chi connectivity index (χ1) is 10.2. The molecule has 1 aromatic carbocycles. The lowest BCUT2D eigenvalue weighted by molar-refractivity contribution is 0.802. The molecule has 0 spiro atoms. The number of nitrogens with one attached hydrogen (secondary N) is 1. The molecule has 0 atom stereocenters. The van der Waals surface area contributed by atoms with E-state index in [1.54, 1.807) is 0 Å². The van der Waals surface area contributed by atoms with Gasteiger partial charge in [-0.1, -0.05) is 12.1 Å². The molecule has 0 radical (unpaired) electrons. The third-order valence-electron chi connectivity index (χ3n) is 3.64. The lowest BCUT2D eigenvalue weighted by Crippen LogP contribution is -2.17. The van der Waals surface area contributed by atoms with Crippen LogP contribution >= 0.6 is 0 Å². The second kappa shape index (κ2) is 4.31. The molecular formula is C15H13N5O. The number of benzene rings is 1. The zero-order valence-corrected chi connectivity index (χ0v) is 11.4. The molecule has 0 aliphatic carbocycles. The molecule has 0 fully saturated rings. The minimum atomic E-state index is -0.269. The largest absolute Gasteiger partial charge is 0.354 e. The predicted molar refractivity (Wildman–Crippen MR) is 79.3 cm³/mol. The fourth-order valence-corrected chi connectivity index (χ4v) is 2.54. The number of H-pyrrole nitrogens is 1. The predicted octanol–water partition coefficient (Wildman–Crippen LogP) is 1.50. The maximum Gasteiger partial charge on any atom is 0.348 e. The van der Waals surface area contributed by atoms with Crippen molar-refractivity contribution in [3.63, 3.8) is 0 Å². The monoisotopic (exact) mass is 279 g/mol. The number of hydrogen-bond acceptors (Lipinski definition) is 3. The number of para-hydroxylation sites is 1. The van der Waals surface area contributed by atoms with Gasteiger partial charge in [-0.3, -0.25) is 0 Å². The highest BCUT2D eigenvalue weighted by molar-refractivity contribution is 5.90. The molecule has 6 nitrogen and oxygen atoms in total. The summed E-state index contributed by atoms with van der Waals surface area (Å²) in [5, 5.41) is 5.22. The summed E-state index contributed by atoms with van der Waals surface area (Å²) in [4.78, 5) is 19.4. The van der Waals surface area contributed by atoms with Crippen molar-refractivity contribution in [1.82, 2.24) is 24.1 Å². The van der Waals surface area contributed by atoms with Gasteiger partial charge in [-0.2, -0.15) is 4.52 Å². The SMILES string of the molecule is Cn1cccc1Cc1nc2c3ccccc3[nH]c(=O)n2n1. The number of fused-ring (bicyclic) bond motifs is 3. The summed E-state index contributed by atoms with van der Waals surface area (Å²) in [6.07, 6.45) is 2.58. The molecule has 0 aliphatic rings. The Morgan fingerprint density at radius 1 is 1.19 bits per heavy atom. The van der Waals surface area contributed by atoms with Crippen molar-refractivity contribution in [1.29, 1.82) is 0 Å². The fourth-order valence-electron chi connectivity index (χ4n) is 2.54. The Balaban J connectivity index is 1.93. The van der Waals surface area contributed by atoms with Crippen LogP contribution in [0.25, 0.3) is 16.6 Å². The number of aromatic nitrogens is 5. The molecule has 0 saturated carbocycles. The smallest absolute Gasteiger partial charge is 0.348 e. The van der Waals surface area contributed by atoms with Crippen molar-refractivity contribution in [2.24, 2.45) is 7.05 Å². The van der Waals surface area contributed by atoms with E-state index in [2.05, 4.69) is 15.1 Å². The second-order valence-corrected chi connectivity index (χ2v) is 5.03. The van der Waals surface area contributed by atoms with Gasteiger partial charge in [0.05, 0.1) is 5.52 Å². The molecule has 0 bridgehead atoms. The lowest BCUT2D eigenvalue weighted by atomic mass is 10.2. The van der Waals surface area contributed by atoms with Crippen LogP contribution in [0.5, 0.6) is 0 Å². The van der Waals surface area contributed by atoms with Crippen LogP contribution in [0.1, 0.15) is 11.5 Å². The number of hydrogen-bond donors (Lipinski definition) is 1. The summed E-state index contributed by atoms with van der Waals surface area (Å²) < 4.78 is 3.36. The van der Waals surface area contributed by atoms with Crippen molar-refractivity contribution in [2.75, 3.05) is 0 Å². The van der Waals surface area contributed by atoms with Gasteiger partial charge in [0.2, 0.25) is 0 Å². The van der Waals surface area contributed by atoms with Gasteiger partial charge >= 0.3 is 5.69 Å². The van der Waals surface area contributed by atoms with Crippen LogP contribution in [0.15, 0.2) is 47.4 Å². The molecule has 6 heteroatoms. The van der Waals surface area contributed by atoms with Crippen LogP contribution < -0.4 is 5.69 Å². The Kier molecular flexibility index (Phi) is 2.44. The molecule has 0 saturated heterocycles. The van der Waals surface area contributed by atoms with Gasteiger partial charge in [0.15, 0.2) is 11.5 Å². The summed E-state index contributed by atoms with van der Waals surface area (Å²) in [5.74, 6) is 0.638. The minimum Gasteiger partial charge on any atom is -0.354 e. The Bertz CT molecular complexity index is 1010. The summed E-state index contributed by atoms with van der Waals surface area (Å²) in [6.45, 7) is 0. The molecule has 104 valence electrons. The number of aromatic amines is 1. The van der Waals surface area contributed by atoms with E-state index >= 15 is 0 Å². The van der Waals surface area contributed by atoms with Gasteiger partial charge in [0.1, 0.15) is 0 Å². The topological polar surface area (TPSA) is 68.0 Å². The third kappa shape index (κ3) is 1.84. The molecule has 1 N–H and O–H groups in total. The van der Waals surface area contributed by atoms with Crippen LogP contribution in [0.2, 0.25) is 0 Å². The molecule has 4 aromatic rings. The molecule has 21 heavy (non-hydrogen) atoms. The standard InChI is InChI=1S/C15H13N5O/c1-19-8-4-5-10(19)9-13-17-14-11-6-2-3-7-12(11)16-15(21)20(14)18-13/h2-8H,9H2,1H3,(H,16,21). The van der Waals surface area contributed by atoms with Crippen LogP contribution in [-0.4, -0.2) is 24.1 Å². The molecule has 0 aliphatic heterocycles. The summed E-state index contributed by atoms with van der Waals surface area (Å²) in [5.41, 5.74) is 2.20. The Hall–Kier alpha value is -2.89.